The van der Waals surface area contributed by atoms with E-state index in [-0.39, 0.29) is 6.03 Å². The number of alkyl halides is 1. The maximum Gasteiger partial charge on any atom is 0.318 e. The van der Waals surface area contributed by atoms with Gasteiger partial charge < -0.3 is 30.1 Å². The maximum atomic E-state index is 12.2. The number of aromatic nitrogens is 2. The molecule has 5 rings (SSSR count). The van der Waals surface area contributed by atoms with Crippen molar-refractivity contribution in [3.8, 4) is 6.01 Å². The number of rotatable bonds is 10. The molecule has 2 aromatic carbocycles. The van der Waals surface area contributed by atoms with E-state index in [0.717, 1.165) is 43.0 Å². The molecule has 0 unspecified atom stereocenters. The fourth-order valence-corrected chi connectivity index (χ4v) is 5.78. The van der Waals surface area contributed by atoms with Gasteiger partial charge in [-0.15, -0.1) is 11.6 Å². The summed E-state index contributed by atoms with van der Waals surface area (Å²) in [7, 11) is 3.92. The normalized spacial score (nSPS) is 17.1. The first-order valence-corrected chi connectivity index (χ1v) is 14.7. The molecule has 0 aliphatic carbocycles. The summed E-state index contributed by atoms with van der Waals surface area (Å²) in [6.07, 6.45) is 3.13. The number of aryl methyl sites for hydroxylation is 1. The fraction of sp³-hybridized carbons (Fsp3) is 0.500. The first-order chi connectivity index (χ1) is 19.4. The molecule has 0 bridgehead atoms. The van der Waals surface area contributed by atoms with Gasteiger partial charge in [0.2, 0.25) is 0 Å². The lowest BCUT2D eigenvalue weighted by molar-refractivity contribution is 0.187. The van der Waals surface area contributed by atoms with Gasteiger partial charge in [-0.05, 0) is 56.8 Å². The maximum absolute atomic E-state index is 12.2. The number of ether oxygens (including phenoxy) is 1. The van der Waals surface area contributed by atoms with Crippen LogP contribution in [0.3, 0.4) is 0 Å². The monoisotopic (exact) mass is 565 g/mol. The Labute approximate surface area is 241 Å². The molecule has 2 aliphatic heterocycles. The Bertz CT molecular complexity index is 1330. The Kier molecular flexibility index (Phi) is 9.11. The number of likely N-dealkylation sites (N-methyl/N-ethyl adjacent to an activating group) is 2. The average molecular weight is 566 g/mol. The van der Waals surface area contributed by atoms with Crippen LogP contribution in [0.15, 0.2) is 36.4 Å². The molecular formula is C30H40ClN7O2. The molecule has 9 nitrogen and oxygen atoms in total. The van der Waals surface area contributed by atoms with Gasteiger partial charge in [-0.1, -0.05) is 30.3 Å². The number of halogens is 1. The molecule has 1 fully saturated rings. The molecule has 1 atom stereocenters. The summed E-state index contributed by atoms with van der Waals surface area (Å²) < 4.78 is 6.20. The average Bonchev–Trinajstić information content (AvgIpc) is 3.38. The Hall–Kier alpha value is -3.30. The van der Waals surface area contributed by atoms with Gasteiger partial charge in [0, 0.05) is 61.8 Å². The number of carbonyl (C=O) groups excluding carboxylic acids is 1. The number of hydrogen-bond acceptors (Lipinski definition) is 7. The van der Waals surface area contributed by atoms with E-state index in [4.69, 9.17) is 26.3 Å². The Morgan fingerprint density at radius 2 is 2.00 bits per heavy atom. The second-order valence-electron chi connectivity index (χ2n) is 10.8. The number of carbonyl (C=O) groups is 1. The summed E-state index contributed by atoms with van der Waals surface area (Å²) in [6, 6.07) is 13.6. The minimum absolute atomic E-state index is 0.141. The highest BCUT2D eigenvalue weighted by Gasteiger charge is 2.26. The van der Waals surface area contributed by atoms with Crippen LogP contribution in [0.4, 0.5) is 16.3 Å². The highest BCUT2D eigenvalue weighted by atomic mass is 35.5. The van der Waals surface area contributed by atoms with Crippen LogP contribution < -0.4 is 20.3 Å². The van der Waals surface area contributed by atoms with Crippen LogP contribution in [-0.2, 0) is 13.0 Å². The van der Waals surface area contributed by atoms with Crippen LogP contribution in [0, 0.1) is 6.92 Å². The zero-order valence-electron chi connectivity index (χ0n) is 23.8. The topological polar surface area (TPSA) is 85.9 Å². The van der Waals surface area contributed by atoms with E-state index in [1.165, 1.54) is 28.4 Å². The van der Waals surface area contributed by atoms with Crippen molar-refractivity contribution >= 4 is 39.9 Å². The summed E-state index contributed by atoms with van der Waals surface area (Å²) in [5.74, 6) is 1.18. The van der Waals surface area contributed by atoms with Gasteiger partial charge in [0.05, 0.1) is 12.2 Å². The molecule has 0 spiro atoms. The number of benzene rings is 2. The standard InChI is InChI=1S/C30H40ClN7O2/c1-21-7-4-8-22-9-5-11-26(27(21)22)38-17-12-24-25(19-38)34-29(40-20-23-10-6-16-36(23)2)35-28(24)32-15-18-37(3)30(39)33-14-13-31/h4-5,7-9,11,23H,6,10,12-20H2,1-3H3,(H,33,39)(H,32,34,35)/t23-/m0/s1. The van der Waals surface area contributed by atoms with Crippen molar-refractivity contribution in [2.24, 2.45) is 0 Å². The van der Waals surface area contributed by atoms with E-state index in [1.54, 1.807) is 11.9 Å². The first kappa shape index (κ1) is 28.2. The Morgan fingerprint density at radius 3 is 2.77 bits per heavy atom. The number of anilines is 2. The van der Waals surface area contributed by atoms with Crippen LogP contribution >= 0.6 is 11.6 Å². The van der Waals surface area contributed by atoms with Crippen molar-refractivity contribution in [3.63, 3.8) is 0 Å². The van der Waals surface area contributed by atoms with Crippen LogP contribution in [-0.4, -0.2) is 91.1 Å². The molecule has 2 aliphatic rings. The summed E-state index contributed by atoms with van der Waals surface area (Å²) >= 11 is 5.70. The molecule has 1 saturated heterocycles. The molecule has 3 aromatic rings. The number of nitrogens with zero attached hydrogens (tertiary/aromatic N) is 5. The minimum Gasteiger partial charge on any atom is -0.462 e. The predicted molar refractivity (Wildman–Crippen MR) is 162 cm³/mol. The van der Waals surface area contributed by atoms with Crippen LogP contribution in [0.2, 0.25) is 0 Å². The van der Waals surface area contributed by atoms with E-state index in [2.05, 4.69) is 70.8 Å². The molecule has 214 valence electrons. The third-order valence-electron chi connectivity index (χ3n) is 8.01. The molecule has 2 N–H and O–H groups in total. The third-order valence-corrected chi connectivity index (χ3v) is 8.20. The summed E-state index contributed by atoms with van der Waals surface area (Å²) in [6.45, 7) is 6.92. The minimum atomic E-state index is -0.141. The van der Waals surface area contributed by atoms with Gasteiger partial charge in [-0.3, -0.25) is 0 Å². The van der Waals surface area contributed by atoms with Crippen molar-refractivity contribution in [1.29, 1.82) is 0 Å². The number of hydrogen-bond donors (Lipinski definition) is 2. The second kappa shape index (κ2) is 12.9. The van der Waals surface area contributed by atoms with Gasteiger partial charge in [0.1, 0.15) is 12.4 Å². The van der Waals surface area contributed by atoms with E-state index >= 15 is 0 Å². The lowest BCUT2D eigenvalue weighted by atomic mass is 10.00. The van der Waals surface area contributed by atoms with Crippen molar-refractivity contribution in [2.75, 3.05) is 69.5 Å². The van der Waals surface area contributed by atoms with E-state index in [1.807, 2.05) is 0 Å². The van der Waals surface area contributed by atoms with Crippen LogP contribution in [0.1, 0.15) is 29.7 Å². The van der Waals surface area contributed by atoms with Gasteiger partial charge >= 0.3 is 12.0 Å². The first-order valence-electron chi connectivity index (χ1n) is 14.2. The third kappa shape index (κ3) is 6.36. The number of likely N-dealkylation sites (tertiary alicyclic amines) is 1. The van der Waals surface area contributed by atoms with Crippen LogP contribution in [0.25, 0.3) is 10.8 Å². The van der Waals surface area contributed by atoms with Gasteiger partial charge in [0.15, 0.2) is 0 Å². The van der Waals surface area contributed by atoms with Gasteiger partial charge in [-0.25, -0.2) is 4.79 Å². The zero-order valence-corrected chi connectivity index (χ0v) is 24.5. The van der Waals surface area contributed by atoms with Crippen LogP contribution in [0.5, 0.6) is 6.01 Å². The van der Waals surface area contributed by atoms with Crippen molar-refractivity contribution in [2.45, 2.75) is 38.8 Å². The lowest BCUT2D eigenvalue weighted by Crippen LogP contribution is -2.40. The highest BCUT2D eigenvalue weighted by molar-refractivity contribution is 6.18. The zero-order chi connectivity index (χ0) is 28.1. The largest absolute Gasteiger partial charge is 0.462 e. The van der Waals surface area contributed by atoms with Crippen molar-refractivity contribution < 1.29 is 9.53 Å². The quantitative estimate of drug-likeness (QED) is 0.355. The number of fused-ring (bicyclic) bond motifs is 2. The molecule has 0 radical (unpaired) electrons. The second-order valence-corrected chi connectivity index (χ2v) is 11.1. The number of amides is 2. The summed E-state index contributed by atoms with van der Waals surface area (Å²) in [5, 5.41) is 8.81. The molecule has 40 heavy (non-hydrogen) atoms. The van der Waals surface area contributed by atoms with Crippen molar-refractivity contribution in [1.82, 2.24) is 25.1 Å². The fourth-order valence-electron chi connectivity index (χ4n) is 5.69. The summed E-state index contributed by atoms with van der Waals surface area (Å²) in [5.41, 5.74) is 4.60. The molecular weight excluding hydrogens is 526 g/mol. The van der Waals surface area contributed by atoms with E-state index in [9.17, 15) is 4.79 Å². The Morgan fingerprint density at radius 1 is 1.18 bits per heavy atom. The Balaban J connectivity index is 1.37. The molecule has 3 heterocycles. The molecule has 0 saturated carbocycles. The van der Waals surface area contributed by atoms with E-state index in [0.29, 0.717) is 50.7 Å². The smallest absolute Gasteiger partial charge is 0.318 e. The van der Waals surface area contributed by atoms with Gasteiger partial charge in [-0.2, -0.15) is 9.97 Å². The number of nitrogens with one attached hydrogen (secondary N) is 2. The number of urea groups is 1. The molecule has 2 amide bonds. The highest BCUT2D eigenvalue weighted by Crippen LogP contribution is 2.34. The molecule has 10 heteroatoms. The lowest BCUT2D eigenvalue weighted by Gasteiger charge is -2.32. The van der Waals surface area contributed by atoms with Crippen molar-refractivity contribution in [3.05, 3.63) is 53.2 Å². The SMILES string of the molecule is Cc1cccc2cccc(N3CCc4c(nc(OC[C@@H]5CCCN5C)nc4NCCN(C)C(=O)NCCCl)C3)c12. The van der Waals surface area contributed by atoms with E-state index < -0.39 is 0 Å². The molecule has 1 aromatic heterocycles. The summed E-state index contributed by atoms with van der Waals surface area (Å²) in [4.78, 5) is 28.4. The predicted octanol–water partition coefficient (Wildman–Crippen LogP) is 4.27. The van der Waals surface area contributed by atoms with Gasteiger partial charge in [0.25, 0.3) is 0 Å².